The number of amides is 2. The molecule has 0 bridgehead atoms. The first-order valence-corrected chi connectivity index (χ1v) is 16.1. The number of pyridine rings is 1. The highest BCUT2D eigenvalue weighted by atomic mass is 28.3. The molecule has 1 atom stereocenters. The molecule has 11 heteroatoms. The van der Waals surface area contributed by atoms with Crippen LogP contribution >= 0.6 is 0 Å². The Morgan fingerprint density at radius 1 is 1.23 bits per heavy atom. The third-order valence-electron chi connectivity index (χ3n) is 5.94. The number of carbonyl (C=O) groups is 2. The standard InChI is InChI=1S/C28H34F2N4O4Si/c1-7-12-28(3,33-27(36)37)17-31-26(35)24-18(2)32-25-23(38-16-20-21(29)9-8-10-22(20)30)14-19(15-34(24)25)11-13-39(4,5)6/h8-10,14-15,33H,7,12,16-17H2,1-6H3,(H,31,35)(H,36,37). The van der Waals surface area contributed by atoms with Crippen LogP contribution in [0.4, 0.5) is 13.6 Å². The van der Waals surface area contributed by atoms with E-state index in [1.165, 1.54) is 6.07 Å². The lowest BCUT2D eigenvalue weighted by Gasteiger charge is -2.29. The average Bonchev–Trinajstić information content (AvgIpc) is 3.16. The molecule has 0 fully saturated rings. The molecule has 0 saturated heterocycles. The van der Waals surface area contributed by atoms with E-state index in [1.54, 1.807) is 30.5 Å². The Kier molecular flexibility index (Phi) is 9.02. The molecule has 1 aromatic carbocycles. The number of aryl methyl sites for hydroxylation is 1. The Labute approximate surface area is 227 Å². The fourth-order valence-corrected chi connectivity index (χ4v) is 4.64. The van der Waals surface area contributed by atoms with Crippen molar-refractivity contribution in [3.63, 3.8) is 0 Å². The lowest BCUT2D eigenvalue weighted by molar-refractivity contribution is 0.0929. The fourth-order valence-electron chi connectivity index (χ4n) is 4.12. The van der Waals surface area contributed by atoms with Crippen LogP contribution in [0.2, 0.25) is 19.6 Å². The zero-order valence-corrected chi connectivity index (χ0v) is 24.0. The summed E-state index contributed by atoms with van der Waals surface area (Å²) in [5.41, 5.74) is 3.63. The van der Waals surface area contributed by atoms with Crippen LogP contribution in [-0.4, -0.2) is 46.6 Å². The molecule has 3 aromatic rings. The Hall–Kier alpha value is -3.91. The first-order chi connectivity index (χ1) is 18.2. The molecule has 3 N–H and O–H groups in total. The Balaban J connectivity index is 2.04. The quantitative estimate of drug-likeness (QED) is 0.246. The molecule has 3 rings (SSSR count). The number of halogens is 2. The summed E-state index contributed by atoms with van der Waals surface area (Å²) in [4.78, 5) is 29.2. The van der Waals surface area contributed by atoms with Gasteiger partial charge < -0.3 is 20.5 Å². The highest BCUT2D eigenvalue weighted by Gasteiger charge is 2.28. The zero-order valence-electron chi connectivity index (χ0n) is 23.0. The van der Waals surface area contributed by atoms with Gasteiger partial charge in [0.25, 0.3) is 5.91 Å². The average molecular weight is 557 g/mol. The number of aromatic nitrogens is 2. The van der Waals surface area contributed by atoms with E-state index in [4.69, 9.17) is 4.74 Å². The van der Waals surface area contributed by atoms with Crippen molar-refractivity contribution in [2.24, 2.45) is 0 Å². The van der Waals surface area contributed by atoms with Crippen LogP contribution in [0.1, 0.15) is 54.0 Å². The highest BCUT2D eigenvalue weighted by molar-refractivity contribution is 6.83. The van der Waals surface area contributed by atoms with Crippen LogP contribution in [0.5, 0.6) is 5.75 Å². The van der Waals surface area contributed by atoms with Gasteiger partial charge in [0.2, 0.25) is 0 Å². The third kappa shape index (κ3) is 7.57. The van der Waals surface area contributed by atoms with Crippen molar-refractivity contribution < 1.29 is 28.2 Å². The van der Waals surface area contributed by atoms with E-state index in [1.807, 2.05) is 6.92 Å². The number of fused-ring (bicyclic) bond motifs is 1. The SMILES string of the molecule is CCCC(C)(CNC(=O)c1c(C)nc2c(OCc3c(F)cccc3F)cc(C#C[Si](C)(C)C)cn12)NC(=O)O. The maximum atomic E-state index is 14.2. The van der Waals surface area contributed by atoms with E-state index in [2.05, 4.69) is 46.7 Å². The number of rotatable bonds is 9. The molecule has 0 aliphatic heterocycles. The minimum absolute atomic E-state index is 0.0592. The van der Waals surface area contributed by atoms with E-state index in [0.717, 1.165) is 12.1 Å². The minimum atomic E-state index is -1.76. The van der Waals surface area contributed by atoms with Gasteiger partial charge in [0.15, 0.2) is 11.4 Å². The molecule has 0 spiro atoms. The number of benzene rings is 1. The molecule has 39 heavy (non-hydrogen) atoms. The van der Waals surface area contributed by atoms with Crippen molar-refractivity contribution in [2.75, 3.05) is 6.54 Å². The largest absolute Gasteiger partial charge is 0.485 e. The van der Waals surface area contributed by atoms with Crippen molar-refractivity contribution in [2.45, 2.75) is 65.4 Å². The molecule has 8 nitrogen and oxygen atoms in total. The van der Waals surface area contributed by atoms with Crippen molar-refractivity contribution in [3.05, 3.63) is 64.6 Å². The van der Waals surface area contributed by atoms with Gasteiger partial charge in [-0.2, -0.15) is 0 Å². The number of carboxylic acid groups (broad SMARTS) is 1. The second-order valence-electron chi connectivity index (χ2n) is 10.7. The fraction of sp³-hybridized carbons (Fsp3) is 0.393. The first-order valence-electron chi connectivity index (χ1n) is 12.6. The predicted molar refractivity (Wildman–Crippen MR) is 148 cm³/mol. The molecule has 2 aromatic heterocycles. The van der Waals surface area contributed by atoms with Crippen LogP contribution in [0, 0.1) is 30.0 Å². The summed E-state index contributed by atoms with van der Waals surface area (Å²) in [5.74, 6) is 1.43. The maximum Gasteiger partial charge on any atom is 0.405 e. The van der Waals surface area contributed by atoms with Gasteiger partial charge in [-0.05, 0) is 32.4 Å². The van der Waals surface area contributed by atoms with Crippen molar-refractivity contribution in [1.82, 2.24) is 20.0 Å². The van der Waals surface area contributed by atoms with Gasteiger partial charge in [-0.15, -0.1) is 5.54 Å². The summed E-state index contributed by atoms with van der Waals surface area (Å²) in [7, 11) is -1.76. The van der Waals surface area contributed by atoms with E-state index in [-0.39, 0.29) is 35.8 Å². The number of ether oxygens (including phenoxy) is 1. The first kappa shape index (κ1) is 29.6. The second-order valence-corrected chi connectivity index (χ2v) is 15.5. The monoisotopic (exact) mass is 556 g/mol. The second kappa shape index (κ2) is 11.9. The normalized spacial score (nSPS) is 12.8. The van der Waals surface area contributed by atoms with E-state index in [0.29, 0.717) is 24.1 Å². The summed E-state index contributed by atoms with van der Waals surface area (Å²) in [5, 5.41) is 14.5. The lowest BCUT2D eigenvalue weighted by Crippen LogP contribution is -2.53. The summed E-state index contributed by atoms with van der Waals surface area (Å²) >= 11 is 0. The Morgan fingerprint density at radius 2 is 1.90 bits per heavy atom. The van der Waals surface area contributed by atoms with E-state index >= 15 is 0 Å². The topological polar surface area (TPSA) is 105 Å². The molecule has 0 saturated carbocycles. The minimum Gasteiger partial charge on any atom is -0.485 e. The predicted octanol–water partition coefficient (Wildman–Crippen LogP) is 5.29. The van der Waals surface area contributed by atoms with Crippen LogP contribution in [0.25, 0.3) is 5.65 Å². The maximum absolute atomic E-state index is 14.2. The molecule has 0 radical (unpaired) electrons. The number of carbonyl (C=O) groups excluding carboxylic acids is 1. The Morgan fingerprint density at radius 3 is 2.49 bits per heavy atom. The molecule has 0 aliphatic carbocycles. The molecule has 208 valence electrons. The summed E-state index contributed by atoms with van der Waals surface area (Å²) in [6.07, 6.45) is 1.73. The number of nitrogens with one attached hydrogen (secondary N) is 2. The molecule has 1 unspecified atom stereocenters. The van der Waals surface area contributed by atoms with Crippen LogP contribution in [0.3, 0.4) is 0 Å². The van der Waals surface area contributed by atoms with Gasteiger partial charge in [-0.25, -0.2) is 18.6 Å². The van der Waals surface area contributed by atoms with Crippen molar-refractivity contribution in [3.8, 4) is 17.2 Å². The summed E-state index contributed by atoms with van der Waals surface area (Å²) in [6.45, 7) is 11.3. The van der Waals surface area contributed by atoms with Gasteiger partial charge in [0, 0.05) is 24.4 Å². The highest BCUT2D eigenvalue weighted by Crippen LogP contribution is 2.26. The van der Waals surface area contributed by atoms with Crippen LogP contribution in [-0.2, 0) is 6.61 Å². The smallest absolute Gasteiger partial charge is 0.405 e. The molecule has 0 aliphatic rings. The molecular formula is C28H34F2N4O4Si. The van der Waals surface area contributed by atoms with Crippen molar-refractivity contribution in [1.29, 1.82) is 0 Å². The molecular weight excluding hydrogens is 522 g/mol. The van der Waals surface area contributed by atoms with Gasteiger partial charge in [0.1, 0.15) is 32.0 Å². The van der Waals surface area contributed by atoms with Gasteiger partial charge >= 0.3 is 6.09 Å². The van der Waals surface area contributed by atoms with Gasteiger partial charge in [-0.3, -0.25) is 9.20 Å². The van der Waals surface area contributed by atoms with Gasteiger partial charge in [0.05, 0.1) is 16.8 Å². The third-order valence-corrected chi connectivity index (χ3v) is 6.82. The van der Waals surface area contributed by atoms with Gasteiger partial charge in [-0.1, -0.05) is 45.0 Å². The van der Waals surface area contributed by atoms with E-state index < -0.39 is 37.2 Å². The van der Waals surface area contributed by atoms with Crippen molar-refractivity contribution >= 4 is 25.7 Å². The number of nitrogens with zero attached hydrogens (tertiary/aromatic N) is 2. The number of imidazole rings is 1. The lowest BCUT2D eigenvalue weighted by atomic mass is 9.96. The van der Waals surface area contributed by atoms with Crippen LogP contribution in [0.15, 0.2) is 30.5 Å². The molecule has 2 amide bonds. The van der Waals surface area contributed by atoms with E-state index in [9.17, 15) is 23.5 Å². The van der Waals surface area contributed by atoms with Crippen LogP contribution < -0.4 is 15.4 Å². The molecule has 2 heterocycles. The Bertz CT molecular complexity index is 1440. The zero-order chi connectivity index (χ0) is 29.0. The number of hydrogen-bond donors (Lipinski definition) is 3. The number of hydrogen-bond acceptors (Lipinski definition) is 4. The summed E-state index contributed by atoms with van der Waals surface area (Å²) in [6, 6.07) is 5.23. The summed E-state index contributed by atoms with van der Waals surface area (Å²) < 4.78 is 35.9.